The number of carbonyl (C=O) groups is 1. The summed E-state index contributed by atoms with van der Waals surface area (Å²) in [6.45, 7) is 0.434. The second kappa shape index (κ2) is 5.59. The first-order chi connectivity index (χ1) is 9.31. The van der Waals surface area contributed by atoms with E-state index in [1.807, 2.05) is 0 Å². The molecule has 0 aromatic heterocycles. The van der Waals surface area contributed by atoms with Crippen LogP contribution in [-0.4, -0.2) is 45.1 Å². The Balaban J connectivity index is 1.95. The molecule has 1 heterocycles. The minimum Gasteiger partial charge on any atom is -0.495 e. The van der Waals surface area contributed by atoms with Crippen LogP contribution in [0.2, 0.25) is 5.02 Å². The minimum absolute atomic E-state index is 0.217. The molecule has 20 heavy (non-hydrogen) atoms. The summed E-state index contributed by atoms with van der Waals surface area (Å²) >= 11 is 5.96. The molecule has 0 unspecified atom stereocenters. The lowest BCUT2D eigenvalue weighted by atomic mass is 10.0. The molecule has 6 nitrogen and oxygen atoms in total. The number of ether oxygens (including phenoxy) is 1. The van der Waals surface area contributed by atoms with Crippen LogP contribution in [-0.2, 0) is 14.8 Å². The van der Waals surface area contributed by atoms with Crippen LogP contribution in [0.3, 0.4) is 0 Å². The monoisotopic (exact) mass is 318 g/mol. The molecule has 1 amide bonds. The standard InChI is InChI=1S/C12H15ClN2O4S/c1-19-11-4-3-9(5-10(11)13)14-12(16)8-6-15(7-8)20(2,17)18/h3-5,8H,6-7H2,1-2H3,(H,14,16). The highest BCUT2D eigenvalue weighted by Gasteiger charge is 2.37. The Bertz CT molecular complexity index is 626. The molecule has 1 fully saturated rings. The smallest absolute Gasteiger partial charge is 0.230 e. The van der Waals surface area contributed by atoms with E-state index in [2.05, 4.69) is 5.32 Å². The summed E-state index contributed by atoms with van der Waals surface area (Å²) in [6, 6.07) is 4.92. The lowest BCUT2D eigenvalue weighted by molar-refractivity contribution is -0.122. The van der Waals surface area contributed by atoms with Crippen molar-refractivity contribution in [2.75, 3.05) is 31.8 Å². The normalized spacial score (nSPS) is 16.6. The Labute approximate surface area is 122 Å². The number of hydrogen-bond donors (Lipinski definition) is 1. The minimum atomic E-state index is -3.21. The van der Waals surface area contributed by atoms with Crippen LogP contribution in [0.1, 0.15) is 0 Å². The van der Waals surface area contributed by atoms with E-state index in [1.54, 1.807) is 18.2 Å². The molecule has 0 saturated carbocycles. The van der Waals surface area contributed by atoms with Crippen molar-refractivity contribution in [3.8, 4) is 5.75 Å². The zero-order valence-corrected chi connectivity index (χ0v) is 12.7. The summed E-state index contributed by atoms with van der Waals surface area (Å²) in [6.07, 6.45) is 1.13. The number of sulfonamides is 1. The quantitative estimate of drug-likeness (QED) is 0.904. The molecule has 8 heteroatoms. The topological polar surface area (TPSA) is 75.7 Å². The predicted octanol–water partition coefficient (Wildman–Crippen LogP) is 1.18. The number of benzene rings is 1. The van der Waals surface area contributed by atoms with Crippen molar-refractivity contribution in [2.45, 2.75) is 0 Å². The highest BCUT2D eigenvalue weighted by Crippen LogP contribution is 2.28. The molecule has 1 aromatic carbocycles. The maximum Gasteiger partial charge on any atom is 0.230 e. The molecule has 0 radical (unpaired) electrons. The van der Waals surface area contributed by atoms with Gasteiger partial charge in [0.2, 0.25) is 15.9 Å². The van der Waals surface area contributed by atoms with Crippen molar-refractivity contribution >= 4 is 33.2 Å². The van der Waals surface area contributed by atoms with Gasteiger partial charge in [0.05, 0.1) is 24.3 Å². The number of methoxy groups -OCH3 is 1. The number of nitrogens with one attached hydrogen (secondary N) is 1. The second-order valence-corrected chi connectivity index (χ2v) is 7.01. The fourth-order valence-electron chi connectivity index (χ4n) is 1.86. The van der Waals surface area contributed by atoms with Gasteiger partial charge in [0.25, 0.3) is 0 Å². The van der Waals surface area contributed by atoms with Crippen molar-refractivity contribution in [3.05, 3.63) is 23.2 Å². The van der Waals surface area contributed by atoms with Gasteiger partial charge < -0.3 is 10.1 Å². The fourth-order valence-corrected chi connectivity index (χ4v) is 3.02. The van der Waals surface area contributed by atoms with Gasteiger partial charge in [-0.05, 0) is 18.2 Å². The largest absolute Gasteiger partial charge is 0.495 e. The molecule has 1 aromatic rings. The first-order valence-electron chi connectivity index (χ1n) is 5.91. The second-order valence-electron chi connectivity index (χ2n) is 4.62. The Morgan fingerprint density at radius 1 is 1.45 bits per heavy atom. The molecule has 0 bridgehead atoms. The SMILES string of the molecule is COc1ccc(NC(=O)C2CN(S(C)(=O)=O)C2)cc1Cl. The summed E-state index contributed by atoms with van der Waals surface area (Å²) in [5.74, 6) is -0.0201. The van der Waals surface area contributed by atoms with Crippen molar-refractivity contribution in [1.82, 2.24) is 4.31 Å². The number of anilines is 1. The fraction of sp³-hybridized carbons (Fsp3) is 0.417. The molecule has 1 aliphatic heterocycles. The van der Waals surface area contributed by atoms with Gasteiger partial charge in [0.15, 0.2) is 0 Å². The van der Waals surface area contributed by atoms with Crippen molar-refractivity contribution in [1.29, 1.82) is 0 Å². The van der Waals surface area contributed by atoms with Crippen LogP contribution in [0.5, 0.6) is 5.75 Å². The average Bonchev–Trinajstić information content (AvgIpc) is 2.24. The van der Waals surface area contributed by atoms with Crippen molar-refractivity contribution < 1.29 is 17.9 Å². The van der Waals surface area contributed by atoms with Gasteiger partial charge in [-0.15, -0.1) is 0 Å². The van der Waals surface area contributed by atoms with E-state index in [-0.39, 0.29) is 24.9 Å². The van der Waals surface area contributed by atoms with Crippen LogP contribution < -0.4 is 10.1 Å². The molecule has 1 saturated heterocycles. The number of halogens is 1. The average molecular weight is 319 g/mol. The molecule has 0 spiro atoms. The Morgan fingerprint density at radius 2 is 2.10 bits per heavy atom. The first kappa shape index (κ1) is 15.1. The van der Waals surface area contributed by atoms with Crippen molar-refractivity contribution in [3.63, 3.8) is 0 Å². The summed E-state index contributed by atoms with van der Waals surface area (Å²) < 4.78 is 28.7. The van der Waals surface area contributed by atoms with E-state index < -0.39 is 10.0 Å². The Kier molecular flexibility index (Phi) is 4.22. The van der Waals surface area contributed by atoms with Gasteiger partial charge in [0.1, 0.15) is 5.75 Å². The van der Waals surface area contributed by atoms with Gasteiger partial charge in [-0.1, -0.05) is 11.6 Å². The van der Waals surface area contributed by atoms with Crippen LogP contribution >= 0.6 is 11.6 Å². The molecule has 2 rings (SSSR count). The summed E-state index contributed by atoms with van der Waals surface area (Å²) in [4.78, 5) is 11.9. The van der Waals surface area contributed by atoms with E-state index in [1.165, 1.54) is 11.4 Å². The van der Waals surface area contributed by atoms with Gasteiger partial charge in [-0.3, -0.25) is 4.79 Å². The molecule has 1 aliphatic rings. The molecule has 1 N–H and O–H groups in total. The van der Waals surface area contributed by atoms with Crippen LogP contribution in [0.15, 0.2) is 18.2 Å². The Morgan fingerprint density at radius 3 is 2.60 bits per heavy atom. The molecule has 0 atom stereocenters. The van der Waals surface area contributed by atoms with E-state index in [9.17, 15) is 13.2 Å². The Hall–Kier alpha value is -1.31. The molecular formula is C12H15ClN2O4S. The number of rotatable bonds is 4. The van der Waals surface area contributed by atoms with Crippen LogP contribution in [0.25, 0.3) is 0 Å². The van der Waals surface area contributed by atoms with E-state index in [0.717, 1.165) is 6.26 Å². The number of nitrogens with zero attached hydrogens (tertiary/aromatic N) is 1. The zero-order chi connectivity index (χ0) is 14.9. The number of carbonyl (C=O) groups excluding carboxylic acids is 1. The van der Waals surface area contributed by atoms with E-state index in [4.69, 9.17) is 16.3 Å². The summed E-state index contributed by atoms with van der Waals surface area (Å²) in [7, 11) is -1.70. The predicted molar refractivity (Wildman–Crippen MR) is 76.5 cm³/mol. The highest BCUT2D eigenvalue weighted by molar-refractivity contribution is 7.88. The van der Waals surface area contributed by atoms with Crippen LogP contribution in [0, 0.1) is 5.92 Å². The van der Waals surface area contributed by atoms with Gasteiger partial charge >= 0.3 is 0 Å². The van der Waals surface area contributed by atoms with Gasteiger partial charge in [-0.2, -0.15) is 0 Å². The third-order valence-corrected chi connectivity index (χ3v) is 4.64. The van der Waals surface area contributed by atoms with E-state index in [0.29, 0.717) is 16.5 Å². The number of hydrogen-bond acceptors (Lipinski definition) is 4. The number of amides is 1. The molecular weight excluding hydrogens is 304 g/mol. The lowest BCUT2D eigenvalue weighted by Gasteiger charge is -2.35. The molecule has 110 valence electrons. The van der Waals surface area contributed by atoms with E-state index >= 15 is 0 Å². The third kappa shape index (κ3) is 3.23. The maximum absolute atomic E-state index is 11.9. The summed E-state index contributed by atoms with van der Waals surface area (Å²) in [5, 5.41) is 3.11. The van der Waals surface area contributed by atoms with Crippen LogP contribution in [0.4, 0.5) is 5.69 Å². The third-order valence-electron chi connectivity index (χ3n) is 3.11. The molecule has 0 aliphatic carbocycles. The first-order valence-corrected chi connectivity index (χ1v) is 8.13. The lowest BCUT2D eigenvalue weighted by Crippen LogP contribution is -2.53. The van der Waals surface area contributed by atoms with Gasteiger partial charge in [-0.25, -0.2) is 12.7 Å². The van der Waals surface area contributed by atoms with Crippen molar-refractivity contribution in [2.24, 2.45) is 5.92 Å². The van der Waals surface area contributed by atoms with Gasteiger partial charge in [0, 0.05) is 18.8 Å². The maximum atomic E-state index is 11.9. The zero-order valence-electron chi connectivity index (χ0n) is 11.1. The summed E-state index contributed by atoms with van der Waals surface area (Å²) in [5.41, 5.74) is 0.554. The highest BCUT2D eigenvalue weighted by atomic mass is 35.5.